The molecule has 0 radical (unpaired) electrons. The van der Waals surface area contributed by atoms with Crippen LogP contribution >= 0.6 is 0 Å². The van der Waals surface area contributed by atoms with Crippen LogP contribution in [0.2, 0.25) is 0 Å². The van der Waals surface area contributed by atoms with Crippen LogP contribution in [0.1, 0.15) is 0 Å². The Morgan fingerprint density at radius 2 is 1.61 bits per heavy atom. The predicted molar refractivity (Wildman–Crippen MR) is 86.6 cm³/mol. The minimum atomic E-state index is -3.76. The van der Waals surface area contributed by atoms with Gasteiger partial charge in [0, 0.05) is 11.6 Å². The first-order valence-corrected chi connectivity index (χ1v) is 8.28. The summed E-state index contributed by atoms with van der Waals surface area (Å²) < 4.78 is 24.3. The lowest BCUT2D eigenvalue weighted by Crippen LogP contribution is -2.13. The fraction of sp³-hybridized carbons (Fsp3) is 0. The number of sulfonamides is 1. The summed E-state index contributed by atoms with van der Waals surface area (Å²) >= 11 is 0. The highest BCUT2D eigenvalue weighted by Crippen LogP contribution is 2.22. The minimum Gasteiger partial charge on any atom is -0.288 e. The predicted octanol–water partition coefficient (Wildman–Crippen LogP) is 1.55. The van der Waals surface area contributed by atoms with E-state index in [-0.39, 0.29) is 10.3 Å². The van der Waals surface area contributed by atoms with Crippen molar-refractivity contribution < 1.29 is 8.42 Å². The first kappa shape index (κ1) is 15.1. The SMILES string of the molecule is NS(=O)(=O)c1ccc(-c2cc(=O)cnn2-c2ccccc2)cc1. The molecule has 1 heterocycles. The van der Waals surface area contributed by atoms with Crippen LogP contribution in [0.4, 0.5) is 0 Å². The number of aromatic nitrogens is 2. The number of primary sulfonamides is 1. The molecule has 0 unspecified atom stereocenters. The molecule has 116 valence electrons. The van der Waals surface area contributed by atoms with Gasteiger partial charge in [0.05, 0.1) is 22.5 Å². The van der Waals surface area contributed by atoms with Crippen molar-refractivity contribution in [2.24, 2.45) is 5.14 Å². The summed E-state index contributed by atoms with van der Waals surface area (Å²) in [7, 11) is -3.76. The van der Waals surface area contributed by atoms with Gasteiger partial charge in [0.25, 0.3) is 0 Å². The molecule has 0 aliphatic rings. The van der Waals surface area contributed by atoms with Crippen LogP contribution in [0.25, 0.3) is 16.9 Å². The van der Waals surface area contributed by atoms with E-state index in [1.54, 1.807) is 16.8 Å². The van der Waals surface area contributed by atoms with Crippen LogP contribution < -0.4 is 10.6 Å². The first-order chi connectivity index (χ1) is 10.9. The Kier molecular flexibility index (Phi) is 3.81. The van der Waals surface area contributed by atoms with Crippen molar-refractivity contribution in [3.63, 3.8) is 0 Å². The third-order valence-corrected chi connectivity index (χ3v) is 4.22. The molecule has 2 aromatic carbocycles. The second kappa shape index (κ2) is 5.79. The van der Waals surface area contributed by atoms with E-state index in [1.807, 2.05) is 30.3 Å². The Labute approximate surface area is 132 Å². The summed E-state index contributed by atoms with van der Waals surface area (Å²) in [4.78, 5) is 11.7. The molecular formula is C16H13N3O3S. The zero-order valence-electron chi connectivity index (χ0n) is 12.0. The zero-order chi connectivity index (χ0) is 16.4. The van der Waals surface area contributed by atoms with Gasteiger partial charge < -0.3 is 0 Å². The monoisotopic (exact) mass is 327 g/mol. The number of nitrogens with two attached hydrogens (primary N) is 1. The first-order valence-electron chi connectivity index (χ1n) is 6.73. The van der Waals surface area contributed by atoms with Gasteiger partial charge in [0.15, 0.2) is 0 Å². The van der Waals surface area contributed by atoms with Gasteiger partial charge in [-0.3, -0.25) is 4.79 Å². The van der Waals surface area contributed by atoms with Crippen molar-refractivity contribution in [2.45, 2.75) is 4.90 Å². The largest absolute Gasteiger partial charge is 0.288 e. The molecule has 0 saturated heterocycles. The van der Waals surface area contributed by atoms with E-state index in [4.69, 9.17) is 5.14 Å². The molecule has 2 N–H and O–H groups in total. The summed E-state index contributed by atoms with van der Waals surface area (Å²) in [5.41, 5.74) is 1.77. The fourth-order valence-corrected chi connectivity index (χ4v) is 2.72. The van der Waals surface area contributed by atoms with Crippen LogP contribution in [-0.2, 0) is 10.0 Å². The maximum Gasteiger partial charge on any atom is 0.238 e. The van der Waals surface area contributed by atoms with E-state index in [0.29, 0.717) is 11.3 Å². The summed E-state index contributed by atoms with van der Waals surface area (Å²) in [5, 5.41) is 9.25. The van der Waals surface area contributed by atoms with Gasteiger partial charge in [0.1, 0.15) is 0 Å². The highest BCUT2D eigenvalue weighted by Gasteiger charge is 2.11. The Morgan fingerprint density at radius 1 is 0.957 bits per heavy atom. The molecule has 1 aromatic heterocycles. The van der Waals surface area contributed by atoms with Gasteiger partial charge in [-0.15, -0.1) is 0 Å². The van der Waals surface area contributed by atoms with Gasteiger partial charge in [-0.05, 0) is 24.3 Å². The summed E-state index contributed by atoms with van der Waals surface area (Å²) in [6.07, 6.45) is 1.23. The van der Waals surface area contributed by atoms with Gasteiger partial charge in [-0.1, -0.05) is 30.3 Å². The lowest BCUT2D eigenvalue weighted by molar-refractivity contribution is 0.598. The van der Waals surface area contributed by atoms with Crippen molar-refractivity contribution in [1.82, 2.24) is 9.78 Å². The van der Waals surface area contributed by atoms with Crippen LogP contribution in [0.15, 0.2) is 76.6 Å². The zero-order valence-corrected chi connectivity index (χ0v) is 12.8. The van der Waals surface area contributed by atoms with Crippen LogP contribution in [-0.4, -0.2) is 18.2 Å². The van der Waals surface area contributed by atoms with E-state index in [1.165, 1.54) is 24.4 Å². The van der Waals surface area contributed by atoms with Gasteiger partial charge >= 0.3 is 0 Å². The second-order valence-electron chi connectivity index (χ2n) is 4.89. The van der Waals surface area contributed by atoms with Crippen LogP contribution in [0.5, 0.6) is 0 Å². The topological polar surface area (TPSA) is 95.1 Å². The quantitative estimate of drug-likeness (QED) is 0.789. The number of hydrogen-bond donors (Lipinski definition) is 1. The molecule has 0 saturated carbocycles. The lowest BCUT2D eigenvalue weighted by atomic mass is 10.1. The Morgan fingerprint density at radius 3 is 2.22 bits per heavy atom. The van der Waals surface area contributed by atoms with Gasteiger partial charge in [0.2, 0.25) is 15.5 Å². The van der Waals surface area contributed by atoms with Crippen LogP contribution in [0.3, 0.4) is 0 Å². The third kappa shape index (κ3) is 3.20. The minimum absolute atomic E-state index is 0.0127. The summed E-state index contributed by atoms with van der Waals surface area (Å²) in [5.74, 6) is 0. The summed E-state index contributed by atoms with van der Waals surface area (Å²) in [6.45, 7) is 0. The molecule has 23 heavy (non-hydrogen) atoms. The Balaban J connectivity index is 2.16. The second-order valence-corrected chi connectivity index (χ2v) is 6.45. The van der Waals surface area contributed by atoms with E-state index < -0.39 is 10.0 Å². The Hall–Kier alpha value is -2.77. The van der Waals surface area contributed by atoms with Crippen molar-refractivity contribution >= 4 is 10.0 Å². The lowest BCUT2D eigenvalue weighted by Gasteiger charge is -2.12. The number of nitrogens with zero attached hydrogens (tertiary/aromatic N) is 2. The van der Waals surface area contributed by atoms with E-state index in [0.717, 1.165) is 5.69 Å². The van der Waals surface area contributed by atoms with E-state index in [2.05, 4.69) is 5.10 Å². The standard InChI is InChI=1S/C16H13N3O3S/c17-23(21,22)15-8-6-12(7-9-15)16-10-14(20)11-18-19(16)13-4-2-1-3-5-13/h1-11H,(H2,17,21,22). The average molecular weight is 327 g/mol. The van der Waals surface area contributed by atoms with Crippen molar-refractivity contribution in [2.75, 3.05) is 0 Å². The van der Waals surface area contributed by atoms with E-state index >= 15 is 0 Å². The van der Waals surface area contributed by atoms with Crippen molar-refractivity contribution in [3.8, 4) is 16.9 Å². The van der Waals surface area contributed by atoms with Crippen molar-refractivity contribution in [1.29, 1.82) is 0 Å². The molecule has 0 bridgehead atoms. The van der Waals surface area contributed by atoms with Crippen molar-refractivity contribution in [3.05, 3.63) is 77.1 Å². The molecular weight excluding hydrogens is 314 g/mol. The molecule has 6 nitrogen and oxygen atoms in total. The molecule has 3 aromatic rings. The molecule has 7 heteroatoms. The smallest absolute Gasteiger partial charge is 0.238 e. The molecule has 0 aliphatic heterocycles. The summed E-state index contributed by atoms with van der Waals surface area (Å²) in [6, 6.07) is 16.8. The number of para-hydroxylation sites is 1. The maximum absolute atomic E-state index is 11.7. The highest BCUT2D eigenvalue weighted by atomic mass is 32.2. The number of benzene rings is 2. The normalized spacial score (nSPS) is 11.3. The van der Waals surface area contributed by atoms with Gasteiger partial charge in [-0.2, -0.15) is 5.10 Å². The Bertz CT molecular complexity index is 995. The molecule has 0 amide bonds. The third-order valence-electron chi connectivity index (χ3n) is 3.29. The highest BCUT2D eigenvalue weighted by molar-refractivity contribution is 7.89. The molecule has 0 spiro atoms. The van der Waals surface area contributed by atoms with E-state index in [9.17, 15) is 13.2 Å². The molecule has 0 aliphatic carbocycles. The fourth-order valence-electron chi connectivity index (χ4n) is 2.21. The number of rotatable bonds is 3. The maximum atomic E-state index is 11.7. The molecule has 0 atom stereocenters. The van der Waals surface area contributed by atoms with Gasteiger partial charge in [-0.25, -0.2) is 18.2 Å². The molecule has 3 rings (SSSR count). The molecule has 0 fully saturated rings. The number of hydrogen-bond acceptors (Lipinski definition) is 4. The van der Waals surface area contributed by atoms with Crippen LogP contribution in [0, 0.1) is 0 Å². The average Bonchev–Trinajstić information content (AvgIpc) is 2.55.